The maximum absolute atomic E-state index is 5.38. The normalized spacial score (nSPS) is 12.3. The third-order valence-corrected chi connectivity index (χ3v) is 3.33. The molecule has 3 rings (SSSR count). The molecule has 6 heteroatoms. The topological polar surface area (TPSA) is 68.3 Å². The van der Waals surface area contributed by atoms with Crippen LogP contribution in [0.15, 0.2) is 24.5 Å². The van der Waals surface area contributed by atoms with Crippen LogP contribution in [0.2, 0.25) is 0 Å². The molecule has 0 spiro atoms. The Morgan fingerprint density at radius 2 is 1.86 bits per heavy atom. The van der Waals surface area contributed by atoms with Gasteiger partial charge in [0.1, 0.15) is 18.0 Å². The minimum Gasteiger partial charge on any atom is -0.454 e. The Bertz CT molecular complexity index is 646. The van der Waals surface area contributed by atoms with Crippen molar-refractivity contribution >= 4 is 11.6 Å². The number of benzene rings is 1. The van der Waals surface area contributed by atoms with Gasteiger partial charge in [-0.15, -0.1) is 0 Å². The predicted octanol–water partition coefficient (Wildman–Crippen LogP) is 2.56. The van der Waals surface area contributed by atoms with Crippen LogP contribution in [0.25, 0.3) is 0 Å². The second kappa shape index (κ2) is 5.87. The van der Waals surface area contributed by atoms with E-state index in [0.717, 1.165) is 40.8 Å². The molecule has 0 fully saturated rings. The van der Waals surface area contributed by atoms with Gasteiger partial charge in [0.25, 0.3) is 0 Å². The van der Waals surface area contributed by atoms with E-state index in [9.17, 15) is 0 Å². The summed E-state index contributed by atoms with van der Waals surface area (Å²) >= 11 is 0. The fourth-order valence-electron chi connectivity index (χ4n) is 2.21. The van der Waals surface area contributed by atoms with Crippen LogP contribution in [-0.2, 0) is 6.54 Å². The van der Waals surface area contributed by atoms with E-state index in [-0.39, 0.29) is 0 Å². The standard InChI is InChI=1S/C15H18N4O2/c1-3-16-14-10(2)15(19-8-18-14)17-7-11-4-5-12-13(6-11)21-9-20-12/h4-6,8H,3,7,9H2,1-2H3,(H2,16,17,18,19). The van der Waals surface area contributed by atoms with Crippen molar-refractivity contribution in [2.24, 2.45) is 0 Å². The molecule has 0 saturated heterocycles. The molecule has 2 heterocycles. The van der Waals surface area contributed by atoms with Crippen molar-refractivity contribution in [3.05, 3.63) is 35.7 Å². The molecule has 21 heavy (non-hydrogen) atoms. The van der Waals surface area contributed by atoms with Gasteiger partial charge in [0, 0.05) is 18.7 Å². The van der Waals surface area contributed by atoms with E-state index in [4.69, 9.17) is 9.47 Å². The third kappa shape index (κ3) is 2.84. The van der Waals surface area contributed by atoms with Crippen molar-refractivity contribution in [1.82, 2.24) is 9.97 Å². The van der Waals surface area contributed by atoms with Crippen LogP contribution < -0.4 is 20.1 Å². The van der Waals surface area contributed by atoms with Crippen LogP contribution in [0.3, 0.4) is 0 Å². The molecule has 1 aliphatic heterocycles. The Balaban J connectivity index is 1.71. The fourth-order valence-corrected chi connectivity index (χ4v) is 2.21. The summed E-state index contributed by atoms with van der Waals surface area (Å²) in [4.78, 5) is 8.52. The highest BCUT2D eigenvalue weighted by Gasteiger charge is 2.13. The van der Waals surface area contributed by atoms with E-state index in [1.165, 1.54) is 0 Å². The smallest absolute Gasteiger partial charge is 0.231 e. The Labute approximate surface area is 123 Å². The molecule has 0 saturated carbocycles. The van der Waals surface area contributed by atoms with E-state index in [1.807, 2.05) is 32.0 Å². The van der Waals surface area contributed by atoms with E-state index >= 15 is 0 Å². The lowest BCUT2D eigenvalue weighted by Gasteiger charge is -2.12. The fraction of sp³-hybridized carbons (Fsp3) is 0.333. The number of nitrogens with zero attached hydrogens (tertiary/aromatic N) is 2. The molecule has 2 aromatic rings. The van der Waals surface area contributed by atoms with Crippen molar-refractivity contribution in [3.63, 3.8) is 0 Å². The summed E-state index contributed by atoms with van der Waals surface area (Å²) in [7, 11) is 0. The molecule has 0 unspecified atom stereocenters. The van der Waals surface area contributed by atoms with Crippen molar-refractivity contribution in [3.8, 4) is 11.5 Å². The van der Waals surface area contributed by atoms with E-state index in [0.29, 0.717) is 13.3 Å². The van der Waals surface area contributed by atoms with E-state index in [1.54, 1.807) is 6.33 Å². The van der Waals surface area contributed by atoms with Gasteiger partial charge in [-0.1, -0.05) is 6.07 Å². The van der Waals surface area contributed by atoms with Gasteiger partial charge < -0.3 is 20.1 Å². The first kappa shape index (κ1) is 13.5. The number of anilines is 2. The molecule has 6 nitrogen and oxygen atoms in total. The molecule has 2 N–H and O–H groups in total. The average Bonchev–Trinajstić information content (AvgIpc) is 2.96. The van der Waals surface area contributed by atoms with Gasteiger partial charge in [0.05, 0.1) is 0 Å². The van der Waals surface area contributed by atoms with Crippen LogP contribution in [0.4, 0.5) is 11.6 Å². The molecular weight excluding hydrogens is 268 g/mol. The van der Waals surface area contributed by atoms with Crippen LogP contribution in [-0.4, -0.2) is 23.3 Å². The summed E-state index contributed by atoms with van der Waals surface area (Å²) in [5, 5.41) is 6.55. The summed E-state index contributed by atoms with van der Waals surface area (Å²) in [5.41, 5.74) is 2.13. The first-order valence-corrected chi connectivity index (χ1v) is 6.96. The van der Waals surface area contributed by atoms with Gasteiger partial charge in [0.15, 0.2) is 11.5 Å². The van der Waals surface area contributed by atoms with E-state index < -0.39 is 0 Å². The molecular formula is C15H18N4O2. The molecule has 1 aliphatic rings. The lowest BCUT2D eigenvalue weighted by atomic mass is 10.2. The van der Waals surface area contributed by atoms with Gasteiger partial charge in [-0.25, -0.2) is 9.97 Å². The van der Waals surface area contributed by atoms with Gasteiger partial charge in [-0.05, 0) is 31.5 Å². The minimum atomic E-state index is 0.295. The zero-order chi connectivity index (χ0) is 14.7. The number of aromatic nitrogens is 2. The predicted molar refractivity (Wildman–Crippen MR) is 80.8 cm³/mol. The van der Waals surface area contributed by atoms with Crippen LogP contribution in [0.5, 0.6) is 11.5 Å². The number of rotatable bonds is 5. The molecule has 0 bridgehead atoms. The Morgan fingerprint density at radius 1 is 1.10 bits per heavy atom. The molecule has 0 atom stereocenters. The average molecular weight is 286 g/mol. The Hall–Kier alpha value is -2.50. The van der Waals surface area contributed by atoms with Crippen molar-refractivity contribution in [1.29, 1.82) is 0 Å². The number of nitrogens with one attached hydrogen (secondary N) is 2. The number of ether oxygens (including phenoxy) is 2. The summed E-state index contributed by atoms with van der Waals surface area (Å²) in [6.45, 7) is 5.84. The Kier molecular flexibility index (Phi) is 3.77. The second-order valence-corrected chi connectivity index (χ2v) is 4.77. The summed E-state index contributed by atoms with van der Waals surface area (Å²) in [5.74, 6) is 3.28. The maximum Gasteiger partial charge on any atom is 0.231 e. The highest BCUT2D eigenvalue weighted by Crippen LogP contribution is 2.32. The molecule has 0 aliphatic carbocycles. The zero-order valence-electron chi connectivity index (χ0n) is 12.1. The minimum absolute atomic E-state index is 0.295. The van der Waals surface area contributed by atoms with Gasteiger partial charge in [-0.2, -0.15) is 0 Å². The van der Waals surface area contributed by atoms with Gasteiger partial charge in [0.2, 0.25) is 6.79 Å². The third-order valence-electron chi connectivity index (χ3n) is 3.33. The molecule has 1 aromatic heterocycles. The molecule has 0 amide bonds. The maximum atomic E-state index is 5.38. The summed E-state index contributed by atoms with van der Waals surface area (Å²) in [6, 6.07) is 5.93. The SMILES string of the molecule is CCNc1ncnc(NCc2ccc3c(c2)OCO3)c1C. The first-order chi connectivity index (χ1) is 10.3. The molecule has 0 radical (unpaired) electrons. The summed E-state index contributed by atoms with van der Waals surface area (Å²) in [6.07, 6.45) is 1.56. The molecule has 110 valence electrons. The van der Waals surface area contributed by atoms with E-state index in [2.05, 4.69) is 20.6 Å². The Morgan fingerprint density at radius 3 is 2.67 bits per heavy atom. The highest BCUT2D eigenvalue weighted by atomic mass is 16.7. The van der Waals surface area contributed by atoms with Crippen LogP contribution in [0, 0.1) is 6.92 Å². The van der Waals surface area contributed by atoms with Crippen LogP contribution >= 0.6 is 0 Å². The number of hydrogen-bond donors (Lipinski definition) is 2. The second-order valence-electron chi connectivity index (χ2n) is 4.77. The zero-order valence-corrected chi connectivity index (χ0v) is 12.1. The van der Waals surface area contributed by atoms with Gasteiger partial charge >= 0.3 is 0 Å². The quantitative estimate of drug-likeness (QED) is 0.880. The van der Waals surface area contributed by atoms with Crippen molar-refractivity contribution in [2.75, 3.05) is 24.0 Å². The summed E-state index contributed by atoms with van der Waals surface area (Å²) < 4.78 is 10.7. The lowest BCUT2D eigenvalue weighted by Crippen LogP contribution is -2.08. The van der Waals surface area contributed by atoms with Crippen LogP contribution in [0.1, 0.15) is 18.1 Å². The highest BCUT2D eigenvalue weighted by molar-refractivity contribution is 5.56. The monoisotopic (exact) mass is 286 g/mol. The number of fused-ring (bicyclic) bond motifs is 1. The molecule has 1 aromatic carbocycles. The lowest BCUT2D eigenvalue weighted by molar-refractivity contribution is 0.174. The van der Waals surface area contributed by atoms with Gasteiger partial charge in [-0.3, -0.25) is 0 Å². The first-order valence-electron chi connectivity index (χ1n) is 6.96. The largest absolute Gasteiger partial charge is 0.454 e. The van der Waals surface area contributed by atoms with Crippen molar-refractivity contribution < 1.29 is 9.47 Å². The van der Waals surface area contributed by atoms with Crippen molar-refractivity contribution in [2.45, 2.75) is 20.4 Å². The number of hydrogen-bond acceptors (Lipinski definition) is 6.